The van der Waals surface area contributed by atoms with Gasteiger partial charge in [-0.3, -0.25) is 4.79 Å². The SMILES string of the molecule is CCOC(=O)C(CC(C)C)NC. The van der Waals surface area contributed by atoms with Crippen molar-refractivity contribution < 1.29 is 9.53 Å². The number of hydrogen-bond donors (Lipinski definition) is 1. The van der Waals surface area contributed by atoms with Gasteiger partial charge in [-0.2, -0.15) is 0 Å². The number of rotatable bonds is 5. The maximum Gasteiger partial charge on any atom is 0.323 e. The summed E-state index contributed by atoms with van der Waals surface area (Å²) in [6.07, 6.45) is 0.829. The van der Waals surface area contributed by atoms with Crippen LogP contribution in [0.2, 0.25) is 0 Å². The Morgan fingerprint density at radius 1 is 1.50 bits per heavy atom. The van der Waals surface area contributed by atoms with Crippen LogP contribution in [0.25, 0.3) is 0 Å². The van der Waals surface area contributed by atoms with Crippen molar-refractivity contribution in [1.29, 1.82) is 0 Å². The maximum atomic E-state index is 11.2. The van der Waals surface area contributed by atoms with Crippen molar-refractivity contribution in [1.82, 2.24) is 5.32 Å². The van der Waals surface area contributed by atoms with Gasteiger partial charge in [0.05, 0.1) is 6.61 Å². The van der Waals surface area contributed by atoms with Crippen molar-refractivity contribution in [2.24, 2.45) is 5.92 Å². The van der Waals surface area contributed by atoms with Crippen molar-refractivity contribution in [3.63, 3.8) is 0 Å². The summed E-state index contributed by atoms with van der Waals surface area (Å²) in [5, 5.41) is 2.94. The molecule has 0 aliphatic rings. The minimum absolute atomic E-state index is 0.145. The Labute approximate surface area is 74.5 Å². The minimum atomic E-state index is -0.148. The second-order valence-corrected chi connectivity index (χ2v) is 3.22. The van der Waals surface area contributed by atoms with Gasteiger partial charge in [0.2, 0.25) is 0 Å². The van der Waals surface area contributed by atoms with Crippen molar-refractivity contribution in [2.45, 2.75) is 33.2 Å². The van der Waals surface area contributed by atoms with Crippen LogP contribution < -0.4 is 5.32 Å². The molecule has 0 saturated carbocycles. The summed E-state index contributed by atoms with van der Waals surface area (Å²) in [7, 11) is 1.78. The van der Waals surface area contributed by atoms with Gasteiger partial charge < -0.3 is 10.1 Å². The molecule has 1 N–H and O–H groups in total. The third-order valence-electron chi connectivity index (χ3n) is 1.63. The van der Waals surface area contributed by atoms with Crippen LogP contribution in [0, 0.1) is 5.92 Å². The van der Waals surface area contributed by atoms with E-state index in [9.17, 15) is 4.79 Å². The van der Waals surface area contributed by atoms with E-state index >= 15 is 0 Å². The van der Waals surface area contributed by atoms with E-state index in [1.165, 1.54) is 0 Å². The average molecular weight is 173 g/mol. The third-order valence-corrected chi connectivity index (χ3v) is 1.63. The van der Waals surface area contributed by atoms with Crippen molar-refractivity contribution in [3.05, 3.63) is 0 Å². The molecule has 0 spiro atoms. The van der Waals surface area contributed by atoms with Crippen LogP contribution in [-0.4, -0.2) is 25.7 Å². The van der Waals surface area contributed by atoms with Gasteiger partial charge in [-0.25, -0.2) is 0 Å². The van der Waals surface area contributed by atoms with Gasteiger partial charge in [0, 0.05) is 0 Å². The molecule has 0 amide bonds. The molecule has 3 nitrogen and oxygen atoms in total. The molecule has 0 rings (SSSR count). The van der Waals surface area contributed by atoms with Crippen LogP contribution in [0.1, 0.15) is 27.2 Å². The van der Waals surface area contributed by atoms with Gasteiger partial charge >= 0.3 is 5.97 Å². The van der Waals surface area contributed by atoms with E-state index in [2.05, 4.69) is 19.2 Å². The van der Waals surface area contributed by atoms with Gasteiger partial charge in [-0.05, 0) is 26.3 Å². The lowest BCUT2D eigenvalue weighted by Gasteiger charge is -2.16. The fourth-order valence-corrected chi connectivity index (χ4v) is 1.05. The Kier molecular flexibility index (Phi) is 5.72. The van der Waals surface area contributed by atoms with Gasteiger partial charge in [0.15, 0.2) is 0 Å². The van der Waals surface area contributed by atoms with Crippen molar-refractivity contribution >= 4 is 5.97 Å². The molecule has 0 aliphatic heterocycles. The van der Waals surface area contributed by atoms with Crippen LogP contribution in [0.15, 0.2) is 0 Å². The first-order chi connectivity index (χ1) is 5.61. The number of esters is 1. The van der Waals surface area contributed by atoms with Gasteiger partial charge in [-0.15, -0.1) is 0 Å². The summed E-state index contributed by atoms with van der Waals surface area (Å²) in [4.78, 5) is 11.2. The van der Waals surface area contributed by atoms with E-state index in [1.54, 1.807) is 7.05 Å². The van der Waals surface area contributed by atoms with Gasteiger partial charge in [0.1, 0.15) is 6.04 Å². The topological polar surface area (TPSA) is 38.3 Å². The molecule has 1 unspecified atom stereocenters. The number of nitrogens with one attached hydrogen (secondary N) is 1. The highest BCUT2D eigenvalue weighted by Crippen LogP contribution is 2.05. The second-order valence-electron chi connectivity index (χ2n) is 3.22. The van der Waals surface area contributed by atoms with Crippen LogP contribution in [0.3, 0.4) is 0 Å². The lowest BCUT2D eigenvalue weighted by atomic mass is 10.0. The van der Waals surface area contributed by atoms with E-state index in [0.717, 1.165) is 6.42 Å². The van der Waals surface area contributed by atoms with E-state index < -0.39 is 0 Å². The van der Waals surface area contributed by atoms with Crippen LogP contribution in [0.5, 0.6) is 0 Å². The normalized spacial score (nSPS) is 13.1. The number of ether oxygens (including phenoxy) is 1. The molecule has 0 heterocycles. The summed E-state index contributed by atoms with van der Waals surface area (Å²) in [6.45, 7) is 6.45. The standard InChI is InChI=1S/C9H19NO2/c1-5-12-9(11)8(10-4)6-7(2)3/h7-8,10H,5-6H2,1-4H3. The van der Waals surface area contributed by atoms with Crippen molar-refractivity contribution in [2.75, 3.05) is 13.7 Å². The number of likely N-dealkylation sites (N-methyl/N-ethyl adjacent to an activating group) is 1. The Morgan fingerprint density at radius 3 is 2.42 bits per heavy atom. The summed E-state index contributed by atoms with van der Waals surface area (Å²) in [5.41, 5.74) is 0. The molecule has 72 valence electrons. The maximum absolute atomic E-state index is 11.2. The molecule has 0 aromatic heterocycles. The Morgan fingerprint density at radius 2 is 2.08 bits per heavy atom. The van der Waals surface area contributed by atoms with E-state index in [4.69, 9.17) is 4.74 Å². The van der Waals surface area contributed by atoms with E-state index in [1.807, 2.05) is 6.92 Å². The summed E-state index contributed by atoms with van der Waals surface area (Å²) >= 11 is 0. The van der Waals surface area contributed by atoms with E-state index in [-0.39, 0.29) is 12.0 Å². The van der Waals surface area contributed by atoms with E-state index in [0.29, 0.717) is 12.5 Å². The molecular formula is C9H19NO2. The largest absolute Gasteiger partial charge is 0.465 e. The summed E-state index contributed by atoms with van der Waals surface area (Å²) in [5.74, 6) is 0.362. The number of carbonyl (C=O) groups excluding carboxylic acids is 1. The Bertz CT molecular complexity index is 134. The zero-order valence-corrected chi connectivity index (χ0v) is 8.39. The molecule has 1 atom stereocenters. The lowest BCUT2D eigenvalue weighted by Crippen LogP contribution is -2.36. The molecular weight excluding hydrogens is 154 g/mol. The summed E-state index contributed by atoms with van der Waals surface area (Å²) in [6, 6.07) is -0.148. The molecule has 0 radical (unpaired) electrons. The third kappa shape index (κ3) is 4.34. The zero-order chi connectivity index (χ0) is 9.56. The quantitative estimate of drug-likeness (QED) is 0.634. The van der Waals surface area contributed by atoms with Gasteiger partial charge in [0.25, 0.3) is 0 Å². The molecule has 0 fully saturated rings. The molecule has 0 saturated heterocycles. The van der Waals surface area contributed by atoms with Crippen LogP contribution in [0.4, 0.5) is 0 Å². The molecule has 0 bridgehead atoms. The first-order valence-electron chi connectivity index (χ1n) is 4.45. The summed E-state index contributed by atoms with van der Waals surface area (Å²) < 4.78 is 4.89. The molecule has 0 aromatic rings. The highest BCUT2D eigenvalue weighted by molar-refractivity contribution is 5.75. The first kappa shape index (κ1) is 11.4. The molecule has 0 aliphatic carbocycles. The number of carbonyl (C=O) groups is 1. The zero-order valence-electron chi connectivity index (χ0n) is 8.39. The predicted octanol–water partition coefficient (Wildman–Crippen LogP) is 1.18. The molecule has 3 heteroatoms. The minimum Gasteiger partial charge on any atom is -0.465 e. The first-order valence-corrected chi connectivity index (χ1v) is 4.45. The molecule has 12 heavy (non-hydrogen) atoms. The highest BCUT2D eigenvalue weighted by Gasteiger charge is 2.18. The Hall–Kier alpha value is -0.570. The monoisotopic (exact) mass is 173 g/mol. The van der Waals surface area contributed by atoms with Crippen LogP contribution in [-0.2, 0) is 9.53 Å². The van der Waals surface area contributed by atoms with Crippen LogP contribution >= 0.6 is 0 Å². The number of hydrogen-bond acceptors (Lipinski definition) is 3. The predicted molar refractivity (Wildman–Crippen MR) is 48.9 cm³/mol. The average Bonchev–Trinajstić information content (AvgIpc) is 2.00. The smallest absolute Gasteiger partial charge is 0.323 e. The van der Waals surface area contributed by atoms with Gasteiger partial charge in [-0.1, -0.05) is 13.8 Å². The van der Waals surface area contributed by atoms with Crippen molar-refractivity contribution in [3.8, 4) is 0 Å². The molecule has 0 aromatic carbocycles. The Balaban J connectivity index is 3.87. The second kappa shape index (κ2) is 6.00. The fraction of sp³-hybridized carbons (Fsp3) is 0.889. The fourth-order valence-electron chi connectivity index (χ4n) is 1.05. The highest BCUT2D eigenvalue weighted by atomic mass is 16.5. The lowest BCUT2D eigenvalue weighted by molar-refractivity contribution is -0.145.